The minimum Gasteiger partial charge on any atom is -0.481 e. The molecular formula is C20H22N8O5. The van der Waals surface area contributed by atoms with E-state index in [-0.39, 0.29) is 24.6 Å². The maximum atomic E-state index is 11.6. The van der Waals surface area contributed by atoms with E-state index in [1.165, 1.54) is 0 Å². The van der Waals surface area contributed by atoms with Crippen LogP contribution in [0.4, 0.5) is 23.1 Å². The van der Waals surface area contributed by atoms with Crippen molar-refractivity contribution in [2.24, 2.45) is 0 Å². The fourth-order valence-corrected chi connectivity index (χ4v) is 3.23. The second-order valence-corrected chi connectivity index (χ2v) is 7.17. The molecule has 0 bridgehead atoms. The molecule has 0 aliphatic rings. The molecule has 13 nitrogen and oxygen atoms in total. The quantitative estimate of drug-likeness (QED) is 0.309. The number of benzene rings is 1. The minimum absolute atomic E-state index is 0.0109. The summed E-state index contributed by atoms with van der Waals surface area (Å²) in [5, 5.41) is 18.3. The first-order valence-corrected chi connectivity index (χ1v) is 9.73. The summed E-state index contributed by atoms with van der Waals surface area (Å²) in [6, 6.07) is 5.27. The molecule has 0 radical (unpaired) electrons. The Morgan fingerprint density at radius 2 is 1.76 bits per heavy atom. The Balaban J connectivity index is 1.77. The monoisotopic (exact) mass is 454 g/mol. The Bertz CT molecular complexity index is 1190. The van der Waals surface area contributed by atoms with Gasteiger partial charge in [-0.2, -0.15) is 9.97 Å². The van der Waals surface area contributed by atoms with E-state index in [1.807, 2.05) is 11.9 Å². The molecule has 3 aromatic rings. The van der Waals surface area contributed by atoms with Crippen LogP contribution in [0.15, 0.2) is 30.5 Å². The van der Waals surface area contributed by atoms with Crippen LogP contribution in [-0.2, 0) is 20.9 Å². The van der Waals surface area contributed by atoms with Gasteiger partial charge in [0.2, 0.25) is 12.4 Å². The zero-order valence-corrected chi connectivity index (χ0v) is 17.6. The molecule has 13 heteroatoms. The normalized spacial score (nSPS) is 11.7. The summed E-state index contributed by atoms with van der Waals surface area (Å²) in [5.41, 5.74) is 13.7. The van der Waals surface area contributed by atoms with Crippen LogP contribution in [0.1, 0.15) is 18.5 Å². The van der Waals surface area contributed by atoms with Crippen molar-refractivity contribution in [3.05, 3.63) is 36.2 Å². The van der Waals surface area contributed by atoms with Crippen LogP contribution in [0.25, 0.3) is 11.2 Å². The number of nitrogens with two attached hydrogens (primary N) is 2. The number of nitrogen functional groups attached to an aromatic ring is 2. The molecule has 0 saturated heterocycles. The highest BCUT2D eigenvalue weighted by molar-refractivity contribution is 5.88. The van der Waals surface area contributed by atoms with E-state index in [1.54, 1.807) is 30.5 Å². The van der Waals surface area contributed by atoms with E-state index in [0.717, 1.165) is 10.6 Å². The van der Waals surface area contributed by atoms with Crippen LogP contribution in [0.2, 0.25) is 0 Å². The van der Waals surface area contributed by atoms with Gasteiger partial charge < -0.3 is 31.5 Å². The molecule has 1 atom stereocenters. The number of fused-ring (bicyclic) bond motifs is 1. The predicted octanol–water partition coefficient (Wildman–Crippen LogP) is 0.501. The van der Waals surface area contributed by atoms with E-state index >= 15 is 0 Å². The Morgan fingerprint density at radius 3 is 2.36 bits per heavy atom. The summed E-state index contributed by atoms with van der Waals surface area (Å²) in [6.45, 7) is 0.361. The van der Waals surface area contributed by atoms with Gasteiger partial charge in [-0.25, -0.2) is 14.8 Å². The topological polar surface area (TPSA) is 202 Å². The fraction of sp³-hybridized carbons (Fsp3) is 0.250. The zero-order chi connectivity index (χ0) is 24.1. The van der Waals surface area contributed by atoms with Gasteiger partial charge in [-0.3, -0.25) is 9.59 Å². The number of hydrogen-bond donors (Lipinski definition) is 4. The maximum Gasteiger partial charge on any atom is 0.326 e. The number of carbonyl (C=O) groups excluding carboxylic acids is 1. The highest BCUT2D eigenvalue weighted by Crippen LogP contribution is 2.24. The third-order valence-electron chi connectivity index (χ3n) is 4.85. The smallest absolute Gasteiger partial charge is 0.326 e. The summed E-state index contributed by atoms with van der Waals surface area (Å²) in [4.78, 5) is 53.3. The number of rotatable bonds is 10. The van der Waals surface area contributed by atoms with E-state index in [9.17, 15) is 19.5 Å². The van der Waals surface area contributed by atoms with Gasteiger partial charge in [0.05, 0.1) is 18.4 Å². The van der Waals surface area contributed by atoms with Gasteiger partial charge in [0, 0.05) is 24.8 Å². The number of carbonyl (C=O) groups is 3. The van der Waals surface area contributed by atoms with Gasteiger partial charge in [-0.1, -0.05) is 0 Å². The fourth-order valence-electron chi connectivity index (χ4n) is 3.23. The Kier molecular flexibility index (Phi) is 6.81. The SMILES string of the molecule is CN(Cc1cnc2nc(N)nc(N)c2n1)c1ccc(N(C=O)[C@@H](CCC(=O)O)C(=O)O)cc1. The number of hydrogen-bond acceptors (Lipinski definition) is 10. The van der Waals surface area contributed by atoms with Crippen molar-refractivity contribution in [3.63, 3.8) is 0 Å². The van der Waals surface area contributed by atoms with Gasteiger partial charge in [0.25, 0.3) is 0 Å². The highest BCUT2D eigenvalue weighted by Gasteiger charge is 2.26. The second-order valence-electron chi connectivity index (χ2n) is 7.17. The molecule has 6 N–H and O–H groups in total. The number of aliphatic carboxylic acids is 2. The molecule has 0 unspecified atom stereocenters. The molecule has 0 fully saturated rings. The Labute approximate surface area is 187 Å². The second kappa shape index (κ2) is 9.72. The molecule has 33 heavy (non-hydrogen) atoms. The molecule has 2 heterocycles. The summed E-state index contributed by atoms with van der Waals surface area (Å²) >= 11 is 0. The average Bonchev–Trinajstić information content (AvgIpc) is 2.76. The first kappa shape index (κ1) is 23.1. The van der Waals surface area contributed by atoms with Crippen LogP contribution >= 0.6 is 0 Å². The number of anilines is 4. The number of carboxylic acids is 2. The van der Waals surface area contributed by atoms with Gasteiger partial charge in [0.1, 0.15) is 6.04 Å². The molecule has 0 aliphatic heterocycles. The lowest BCUT2D eigenvalue weighted by molar-refractivity contribution is -0.140. The zero-order valence-electron chi connectivity index (χ0n) is 17.6. The lowest BCUT2D eigenvalue weighted by Crippen LogP contribution is -2.40. The van der Waals surface area contributed by atoms with Crippen molar-refractivity contribution in [1.29, 1.82) is 0 Å². The molecule has 2 aromatic heterocycles. The number of aromatic nitrogens is 4. The minimum atomic E-state index is -1.29. The van der Waals surface area contributed by atoms with Crippen molar-refractivity contribution in [3.8, 4) is 0 Å². The van der Waals surface area contributed by atoms with Gasteiger partial charge in [0.15, 0.2) is 17.0 Å². The predicted molar refractivity (Wildman–Crippen MR) is 119 cm³/mol. The van der Waals surface area contributed by atoms with E-state index in [4.69, 9.17) is 16.6 Å². The van der Waals surface area contributed by atoms with Crippen molar-refractivity contribution >= 4 is 52.7 Å². The van der Waals surface area contributed by atoms with Crippen molar-refractivity contribution in [1.82, 2.24) is 19.9 Å². The lowest BCUT2D eigenvalue weighted by atomic mass is 10.1. The van der Waals surface area contributed by atoms with E-state index in [2.05, 4.69) is 19.9 Å². The molecule has 172 valence electrons. The van der Waals surface area contributed by atoms with Gasteiger partial charge in [-0.15, -0.1) is 0 Å². The van der Waals surface area contributed by atoms with Crippen LogP contribution in [0.5, 0.6) is 0 Å². The molecule has 3 rings (SSSR count). The van der Waals surface area contributed by atoms with Crippen LogP contribution < -0.4 is 21.3 Å². The summed E-state index contributed by atoms with van der Waals surface area (Å²) in [5.74, 6) is -2.29. The maximum absolute atomic E-state index is 11.6. The Morgan fingerprint density at radius 1 is 1.09 bits per heavy atom. The number of amides is 1. The molecular weight excluding hydrogens is 432 g/mol. The third kappa shape index (κ3) is 5.39. The first-order valence-electron chi connectivity index (χ1n) is 9.73. The third-order valence-corrected chi connectivity index (χ3v) is 4.85. The van der Waals surface area contributed by atoms with Gasteiger partial charge >= 0.3 is 11.9 Å². The van der Waals surface area contributed by atoms with E-state index < -0.39 is 18.0 Å². The van der Waals surface area contributed by atoms with Crippen LogP contribution in [-0.4, -0.2) is 61.6 Å². The molecule has 0 aliphatic carbocycles. The van der Waals surface area contributed by atoms with Crippen molar-refractivity contribution < 1.29 is 24.6 Å². The largest absolute Gasteiger partial charge is 0.481 e. The standard InChI is InChI=1S/C20H22N8O5/c1-27(9-11-8-23-18-16(24-11)17(21)25-20(22)26-18)12-2-4-13(5-3-12)28(10-29)14(19(32)33)6-7-15(30)31/h2-5,8,10,14H,6-7,9H2,1H3,(H,30,31)(H,32,33)(H4,21,22,23,25,26)/t14-/m0/s1. The molecule has 0 spiro atoms. The van der Waals surface area contributed by atoms with Gasteiger partial charge in [-0.05, 0) is 30.7 Å². The lowest BCUT2D eigenvalue weighted by Gasteiger charge is -2.26. The van der Waals surface area contributed by atoms with Crippen LogP contribution in [0.3, 0.4) is 0 Å². The summed E-state index contributed by atoms with van der Waals surface area (Å²) in [6.07, 6.45) is 1.33. The molecule has 1 amide bonds. The van der Waals surface area contributed by atoms with Crippen molar-refractivity contribution in [2.75, 3.05) is 28.3 Å². The summed E-state index contributed by atoms with van der Waals surface area (Å²) in [7, 11) is 1.81. The van der Waals surface area contributed by atoms with Crippen LogP contribution in [0, 0.1) is 0 Å². The summed E-state index contributed by atoms with van der Waals surface area (Å²) < 4.78 is 0. The number of nitrogens with zero attached hydrogens (tertiary/aromatic N) is 6. The highest BCUT2D eigenvalue weighted by atomic mass is 16.4. The van der Waals surface area contributed by atoms with E-state index in [0.29, 0.717) is 35.5 Å². The molecule has 1 aromatic carbocycles. The Hall–Kier alpha value is -4.55. The number of carboxylic acid groups (broad SMARTS) is 2. The molecule has 0 saturated carbocycles. The van der Waals surface area contributed by atoms with Crippen molar-refractivity contribution in [2.45, 2.75) is 25.4 Å². The first-order chi connectivity index (χ1) is 15.7. The average molecular weight is 454 g/mol.